The molecule has 0 aliphatic rings. The number of fused-ring (bicyclic) bond motifs is 1. The summed E-state index contributed by atoms with van der Waals surface area (Å²) in [4.78, 5) is 5.00. The van der Waals surface area contributed by atoms with Crippen molar-refractivity contribution in [1.82, 2.24) is 0 Å². The van der Waals surface area contributed by atoms with E-state index in [1.807, 2.05) is 30.3 Å². The summed E-state index contributed by atoms with van der Waals surface area (Å²) in [5, 5.41) is 1.97. The first kappa shape index (κ1) is 16.3. The third kappa shape index (κ3) is 3.18. The van der Waals surface area contributed by atoms with Crippen LogP contribution in [0.1, 0.15) is 16.7 Å². The molecule has 0 spiro atoms. The minimum Gasteiger partial charge on any atom is -0.456 e. The van der Waals surface area contributed by atoms with Crippen LogP contribution >= 0.6 is 0 Å². The third-order valence-electron chi connectivity index (χ3n) is 4.56. The van der Waals surface area contributed by atoms with Crippen molar-refractivity contribution in [2.45, 2.75) is 20.8 Å². The molecular formula is C24H21NO. The fourth-order valence-corrected chi connectivity index (χ4v) is 3.09. The molecule has 2 nitrogen and oxygen atoms in total. The lowest BCUT2D eigenvalue weighted by Gasteiger charge is -2.07. The van der Waals surface area contributed by atoms with E-state index in [1.165, 1.54) is 16.7 Å². The van der Waals surface area contributed by atoms with E-state index in [0.717, 1.165) is 33.3 Å². The van der Waals surface area contributed by atoms with Crippen molar-refractivity contribution >= 4 is 16.7 Å². The standard InChI is InChI=1S/C24H21NO/c1-16-10-12-23-20(13-16)22(25-21-14-17(2)9-11-18(21)3)15-24(26-23)19-7-5-4-6-8-19/h4-15H,1-3H3. The Bertz CT molecular complexity index is 1150. The SMILES string of the molecule is Cc1ccc(C)c(N=c2cc(-c3ccccc3)oc3ccc(C)cc23)c1. The Balaban J connectivity index is 2.04. The first-order valence-electron chi connectivity index (χ1n) is 8.82. The number of rotatable bonds is 2. The number of aryl methyl sites for hydroxylation is 3. The Morgan fingerprint density at radius 2 is 1.46 bits per heavy atom. The second kappa shape index (κ2) is 6.64. The molecule has 0 atom stereocenters. The normalized spacial score (nSPS) is 11.9. The van der Waals surface area contributed by atoms with Gasteiger partial charge in [-0.25, -0.2) is 4.99 Å². The van der Waals surface area contributed by atoms with Crippen LogP contribution in [-0.2, 0) is 0 Å². The van der Waals surface area contributed by atoms with Crippen LogP contribution in [0.25, 0.3) is 22.3 Å². The average Bonchev–Trinajstić information content (AvgIpc) is 2.65. The lowest BCUT2D eigenvalue weighted by atomic mass is 10.1. The van der Waals surface area contributed by atoms with E-state index in [1.54, 1.807) is 0 Å². The highest BCUT2D eigenvalue weighted by atomic mass is 16.3. The van der Waals surface area contributed by atoms with Crippen molar-refractivity contribution < 1.29 is 4.42 Å². The van der Waals surface area contributed by atoms with Crippen LogP contribution in [0.3, 0.4) is 0 Å². The van der Waals surface area contributed by atoms with Crippen LogP contribution in [0.5, 0.6) is 0 Å². The molecule has 0 aliphatic carbocycles. The van der Waals surface area contributed by atoms with Crippen LogP contribution in [0.15, 0.2) is 82.2 Å². The summed E-state index contributed by atoms with van der Waals surface area (Å²) in [5.41, 5.74) is 6.46. The van der Waals surface area contributed by atoms with Gasteiger partial charge in [0.05, 0.1) is 11.0 Å². The zero-order valence-corrected chi connectivity index (χ0v) is 15.3. The molecule has 4 rings (SSSR count). The van der Waals surface area contributed by atoms with Gasteiger partial charge in [0, 0.05) is 17.0 Å². The molecule has 0 fully saturated rings. The van der Waals surface area contributed by atoms with E-state index in [2.05, 4.69) is 63.2 Å². The van der Waals surface area contributed by atoms with Gasteiger partial charge in [0.1, 0.15) is 11.3 Å². The highest BCUT2D eigenvalue weighted by Gasteiger charge is 2.07. The van der Waals surface area contributed by atoms with Gasteiger partial charge >= 0.3 is 0 Å². The lowest BCUT2D eigenvalue weighted by molar-refractivity contribution is 0.618. The van der Waals surface area contributed by atoms with Crippen molar-refractivity contribution in [2.24, 2.45) is 4.99 Å². The topological polar surface area (TPSA) is 25.5 Å². The number of hydrogen-bond donors (Lipinski definition) is 0. The quantitative estimate of drug-likeness (QED) is 0.423. The Hall–Kier alpha value is -3.13. The largest absolute Gasteiger partial charge is 0.456 e. The van der Waals surface area contributed by atoms with E-state index < -0.39 is 0 Å². The van der Waals surface area contributed by atoms with Gasteiger partial charge in [-0.3, -0.25) is 0 Å². The van der Waals surface area contributed by atoms with Crippen LogP contribution in [0.4, 0.5) is 5.69 Å². The smallest absolute Gasteiger partial charge is 0.136 e. The van der Waals surface area contributed by atoms with Crippen molar-refractivity contribution in [3.05, 3.63) is 94.8 Å². The summed E-state index contributed by atoms with van der Waals surface area (Å²) in [5.74, 6) is 0.825. The molecule has 1 aromatic heterocycles. The zero-order valence-electron chi connectivity index (χ0n) is 15.3. The number of benzene rings is 3. The van der Waals surface area contributed by atoms with Crippen molar-refractivity contribution in [2.75, 3.05) is 0 Å². The van der Waals surface area contributed by atoms with Crippen molar-refractivity contribution in [3.63, 3.8) is 0 Å². The Kier molecular flexibility index (Phi) is 4.18. The fraction of sp³-hybridized carbons (Fsp3) is 0.125. The summed E-state index contributed by atoms with van der Waals surface area (Å²) in [7, 11) is 0. The molecule has 0 radical (unpaired) electrons. The van der Waals surface area contributed by atoms with E-state index in [4.69, 9.17) is 9.41 Å². The van der Waals surface area contributed by atoms with Crippen molar-refractivity contribution in [1.29, 1.82) is 0 Å². The van der Waals surface area contributed by atoms with Gasteiger partial charge < -0.3 is 4.42 Å². The molecule has 4 aromatic rings. The number of nitrogens with zero attached hydrogens (tertiary/aromatic N) is 1. The average molecular weight is 339 g/mol. The molecule has 2 heteroatoms. The predicted octanol–water partition coefficient (Wildman–Crippen LogP) is 6.26. The lowest BCUT2D eigenvalue weighted by Crippen LogP contribution is -2.04. The summed E-state index contributed by atoms with van der Waals surface area (Å²) in [6.07, 6.45) is 0. The molecule has 1 heterocycles. The molecule has 0 bridgehead atoms. The molecule has 0 saturated carbocycles. The van der Waals surface area contributed by atoms with E-state index >= 15 is 0 Å². The van der Waals surface area contributed by atoms with E-state index in [-0.39, 0.29) is 0 Å². The second-order valence-electron chi connectivity index (χ2n) is 6.76. The van der Waals surface area contributed by atoms with Crippen LogP contribution in [0.2, 0.25) is 0 Å². The summed E-state index contributed by atoms with van der Waals surface area (Å²) < 4.78 is 6.18. The van der Waals surface area contributed by atoms with Crippen LogP contribution in [-0.4, -0.2) is 0 Å². The minimum absolute atomic E-state index is 0.825. The van der Waals surface area contributed by atoms with Gasteiger partial charge in [-0.15, -0.1) is 0 Å². The monoisotopic (exact) mass is 339 g/mol. The Morgan fingerprint density at radius 1 is 0.731 bits per heavy atom. The van der Waals surface area contributed by atoms with Gasteiger partial charge in [0.25, 0.3) is 0 Å². The van der Waals surface area contributed by atoms with E-state index in [9.17, 15) is 0 Å². The van der Waals surface area contributed by atoms with Gasteiger partial charge in [-0.05, 0) is 50.1 Å². The van der Waals surface area contributed by atoms with Gasteiger partial charge in [-0.1, -0.05) is 54.1 Å². The summed E-state index contributed by atoms with van der Waals surface area (Å²) in [6.45, 7) is 6.28. The highest BCUT2D eigenvalue weighted by Crippen LogP contribution is 2.24. The third-order valence-corrected chi connectivity index (χ3v) is 4.56. The molecule has 128 valence electrons. The minimum atomic E-state index is 0.825. The van der Waals surface area contributed by atoms with Crippen LogP contribution < -0.4 is 5.36 Å². The molecule has 0 N–H and O–H groups in total. The van der Waals surface area contributed by atoms with Gasteiger partial charge in [0.15, 0.2) is 0 Å². The van der Waals surface area contributed by atoms with Crippen molar-refractivity contribution in [3.8, 4) is 11.3 Å². The molecule has 26 heavy (non-hydrogen) atoms. The summed E-state index contributed by atoms with van der Waals surface area (Å²) in [6, 6.07) is 24.8. The molecule has 0 saturated heterocycles. The molecule has 0 amide bonds. The predicted molar refractivity (Wildman–Crippen MR) is 108 cm³/mol. The molecule has 3 aromatic carbocycles. The van der Waals surface area contributed by atoms with E-state index in [0.29, 0.717) is 0 Å². The van der Waals surface area contributed by atoms with Crippen LogP contribution in [0, 0.1) is 20.8 Å². The highest BCUT2D eigenvalue weighted by molar-refractivity contribution is 5.79. The molecule has 0 unspecified atom stereocenters. The zero-order chi connectivity index (χ0) is 18.1. The maximum Gasteiger partial charge on any atom is 0.136 e. The Labute approximate surface area is 153 Å². The maximum absolute atomic E-state index is 6.18. The Morgan fingerprint density at radius 3 is 2.27 bits per heavy atom. The first-order valence-corrected chi connectivity index (χ1v) is 8.82. The summed E-state index contributed by atoms with van der Waals surface area (Å²) >= 11 is 0. The molecule has 0 aliphatic heterocycles. The van der Waals surface area contributed by atoms with Gasteiger partial charge in [-0.2, -0.15) is 0 Å². The number of hydrogen-bond acceptors (Lipinski definition) is 2. The first-order chi connectivity index (χ1) is 12.6. The fourth-order valence-electron chi connectivity index (χ4n) is 3.09. The van der Waals surface area contributed by atoms with Gasteiger partial charge in [0.2, 0.25) is 0 Å². The second-order valence-corrected chi connectivity index (χ2v) is 6.76. The molecular weight excluding hydrogens is 318 g/mol. The maximum atomic E-state index is 6.18.